The topological polar surface area (TPSA) is 105 Å². The van der Waals surface area contributed by atoms with Gasteiger partial charge in [0.25, 0.3) is 11.8 Å². The number of aromatic nitrogens is 2. The summed E-state index contributed by atoms with van der Waals surface area (Å²) in [6.07, 6.45) is 0. The van der Waals surface area contributed by atoms with E-state index in [0.717, 1.165) is 10.5 Å². The number of rotatable bonds is 6. The monoisotopic (exact) mass is 438 g/mol. The van der Waals surface area contributed by atoms with Crippen molar-refractivity contribution < 1.29 is 18.9 Å². The van der Waals surface area contributed by atoms with Crippen molar-refractivity contribution >= 4 is 29.3 Å². The van der Waals surface area contributed by atoms with E-state index in [9.17, 15) is 14.4 Å². The number of carbonyl (C=O) groups excluding carboxylic acids is 3. The summed E-state index contributed by atoms with van der Waals surface area (Å²) in [6.45, 7) is 3.52. The second-order valence-corrected chi connectivity index (χ2v) is 7.89. The van der Waals surface area contributed by atoms with Crippen LogP contribution in [0.5, 0.6) is 0 Å². The Kier molecular flexibility index (Phi) is 5.56. The molecule has 1 aliphatic rings. The maximum absolute atomic E-state index is 12.9. The number of benzene rings is 2. The summed E-state index contributed by atoms with van der Waals surface area (Å²) >= 11 is 5.88. The lowest BCUT2D eigenvalue weighted by Gasteiger charge is -2.28. The molecule has 3 aromatic rings. The first-order chi connectivity index (χ1) is 14.9. The summed E-state index contributed by atoms with van der Waals surface area (Å²) in [4.78, 5) is 43.8. The number of hydrogen-bond donors (Lipinski definition) is 1. The van der Waals surface area contributed by atoms with E-state index < -0.39 is 23.8 Å². The van der Waals surface area contributed by atoms with Crippen LogP contribution in [0.25, 0.3) is 11.4 Å². The molecule has 1 atom stereocenters. The smallest absolute Gasteiger partial charge is 0.262 e. The van der Waals surface area contributed by atoms with E-state index >= 15 is 0 Å². The summed E-state index contributed by atoms with van der Waals surface area (Å²) in [5, 5.41) is 7.19. The van der Waals surface area contributed by atoms with Gasteiger partial charge >= 0.3 is 0 Å². The van der Waals surface area contributed by atoms with Gasteiger partial charge in [-0.3, -0.25) is 19.3 Å². The molecule has 0 fully saturated rings. The number of halogens is 1. The predicted octanol–water partition coefficient (Wildman–Crippen LogP) is 3.33. The molecule has 8 nitrogen and oxygen atoms in total. The molecular formula is C22H19ClN4O4. The van der Waals surface area contributed by atoms with Gasteiger partial charge in [-0.15, -0.1) is 0 Å². The Hall–Kier alpha value is -3.52. The average molecular weight is 439 g/mol. The van der Waals surface area contributed by atoms with Gasteiger partial charge in [0, 0.05) is 10.6 Å². The van der Waals surface area contributed by atoms with Crippen molar-refractivity contribution in [2.75, 3.05) is 0 Å². The lowest BCUT2D eigenvalue weighted by Crippen LogP contribution is -2.52. The normalized spacial score (nSPS) is 14.1. The van der Waals surface area contributed by atoms with Crippen LogP contribution >= 0.6 is 11.6 Å². The zero-order chi connectivity index (χ0) is 22.1. The van der Waals surface area contributed by atoms with Crippen LogP contribution in [0, 0.1) is 5.92 Å². The number of imide groups is 1. The molecule has 158 valence electrons. The van der Waals surface area contributed by atoms with E-state index in [1.54, 1.807) is 62.4 Å². The Morgan fingerprint density at radius 1 is 1.06 bits per heavy atom. The maximum Gasteiger partial charge on any atom is 0.262 e. The summed E-state index contributed by atoms with van der Waals surface area (Å²) in [6, 6.07) is 12.5. The number of nitrogens with zero attached hydrogens (tertiary/aromatic N) is 3. The Balaban J connectivity index is 1.48. The molecule has 2 aromatic carbocycles. The van der Waals surface area contributed by atoms with E-state index in [1.807, 2.05) is 0 Å². The fourth-order valence-electron chi connectivity index (χ4n) is 3.49. The van der Waals surface area contributed by atoms with Gasteiger partial charge in [-0.2, -0.15) is 4.98 Å². The van der Waals surface area contributed by atoms with Gasteiger partial charge in [0.15, 0.2) is 0 Å². The quantitative estimate of drug-likeness (QED) is 0.592. The highest BCUT2D eigenvalue weighted by Crippen LogP contribution is 2.27. The van der Waals surface area contributed by atoms with Crippen molar-refractivity contribution in [1.29, 1.82) is 0 Å². The van der Waals surface area contributed by atoms with Crippen LogP contribution in [-0.2, 0) is 11.3 Å². The van der Waals surface area contributed by atoms with Crippen molar-refractivity contribution in [2.45, 2.75) is 26.4 Å². The molecule has 1 unspecified atom stereocenters. The zero-order valence-electron chi connectivity index (χ0n) is 16.8. The van der Waals surface area contributed by atoms with E-state index in [0.29, 0.717) is 22.0 Å². The molecule has 0 bridgehead atoms. The van der Waals surface area contributed by atoms with Gasteiger partial charge in [-0.05, 0) is 42.3 Å². The van der Waals surface area contributed by atoms with Gasteiger partial charge in [-0.1, -0.05) is 42.7 Å². The Morgan fingerprint density at radius 2 is 1.68 bits per heavy atom. The van der Waals surface area contributed by atoms with Gasteiger partial charge < -0.3 is 9.84 Å². The highest BCUT2D eigenvalue weighted by atomic mass is 35.5. The molecule has 9 heteroatoms. The average Bonchev–Trinajstić information content (AvgIpc) is 3.32. The molecule has 0 radical (unpaired) electrons. The summed E-state index contributed by atoms with van der Waals surface area (Å²) in [7, 11) is 0. The summed E-state index contributed by atoms with van der Waals surface area (Å²) in [5.41, 5.74) is 1.32. The lowest BCUT2D eigenvalue weighted by molar-refractivity contribution is -0.126. The van der Waals surface area contributed by atoms with Crippen molar-refractivity contribution in [3.8, 4) is 11.4 Å². The third-order valence-electron chi connectivity index (χ3n) is 4.99. The van der Waals surface area contributed by atoms with Crippen molar-refractivity contribution in [1.82, 2.24) is 20.4 Å². The largest absolute Gasteiger partial charge is 0.345 e. The number of hydrogen-bond acceptors (Lipinski definition) is 6. The molecule has 4 rings (SSSR count). The minimum Gasteiger partial charge on any atom is -0.345 e. The van der Waals surface area contributed by atoms with Crippen LogP contribution in [0.15, 0.2) is 53.1 Å². The number of amides is 3. The molecule has 0 saturated carbocycles. The van der Waals surface area contributed by atoms with Gasteiger partial charge in [0.2, 0.25) is 17.6 Å². The molecule has 0 aliphatic carbocycles. The molecule has 1 aliphatic heterocycles. The third kappa shape index (κ3) is 3.94. The fraction of sp³-hybridized carbons (Fsp3) is 0.227. The van der Waals surface area contributed by atoms with Crippen LogP contribution in [0.1, 0.15) is 40.5 Å². The molecule has 1 N–H and O–H groups in total. The van der Waals surface area contributed by atoms with Crippen LogP contribution in [0.3, 0.4) is 0 Å². The Bertz CT molecular complexity index is 1120. The minimum atomic E-state index is -0.967. The molecule has 0 spiro atoms. The Morgan fingerprint density at radius 3 is 2.26 bits per heavy atom. The number of nitrogens with one attached hydrogen (secondary N) is 1. The standard InChI is InChI=1S/C22H19ClN4O4/c1-12(2)18(27-21(29)15-5-3-4-6-16(15)22(27)30)20(28)24-11-17-25-19(26-31-17)13-7-9-14(23)10-8-13/h3-10,12,18H,11H2,1-2H3,(H,24,28). The van der Waals surface area contributed by atoms with Crippen LogP contribution in [0.4, 0.5) is 0 Å². The van der Waals surface area contributed by atoms with Gasteiger partial charge in [0.05, 0.1) is 17.7 Å². The molecule has 3 amide bonds. The van der Waals surface area contributed by atoms with Crippen LogP contribution in [0.2, 0.25) is 5.02 Å². The first-order valence-corrected chi connectivity index (χ1v) is 10.1. The highest BCUT2D eigenvalue weighted by molar-refractivity contribution is 6.30. The van der Waals surface area contributed by atoms with E-state index in [-0.39, 0.29) is 18.4 Å². The van der Waals surface area contributed by atoms with Crippen molar-refractivity contribution in [3.05, 3.63) is 70.6 Å². The molecular weight excluding hydrogens is 420 g/mol. The zero-order valence-corrected chi connectivity index (χ0v) is 17.6. The predicted molar refractivity (Wildman–Crippen MR) is 112 cm³/mol. The Labute approximate surface area is 183 Å². The van der Waals surface area contributed by atoms with Crippen molar-refractivity contribution in [3.63, 3.8) is 0 Å². The van der Waals surface area contributed by atoms with E-state index in [4.69, 9.17) is 16.1 Å². The third-order valence-corrected chi connectivity index (χ3v) is 5.24. The first-order valence-electron chi connectivity index (χ1n) is 9.70. The van der Waals surface area contributed by atoms with Crippen molar-refractivity contribution in [2.24, 2.45) is 5.92 Å². The number of fused-ring (bicyclic) bond motifs is 1. The van der Waals surface area contributed by atoms with Crippen LogP contribution < -0.4 is 5.32 Å². The van der Waals surface area contributed by atoms with E-state index in [1.165, 1.54) is 0 Å². The fourth-order valence-corrected chi connectivity index (χ4v) is 3.61. The number of carbonyl (C=O) groups is 3. The summed E-state index contributed by atoms with van der Waals surface area (Å²) < 4.78 is 5.20. The minimum absolute atomic E-state index is 0.0359. The molecule has 31 heavy (non-hydrogen) atoms. The first kappa shape index (κ1) is 20.7. The second-order valence-electron chi connectivity index (χ2n) is 7.45. The highest BCUT2D eigenvalue weighted by Gasteiger charge is 2.43. The SMILES string of the molecule is CC(C)C(C(=O)NCc1nc(-c2ccc(Cl)cc2)no1)N1C(=O)c2ccccc2C1=O. The molecule has 1 aromatic heterocycles. The molecule has 0 saturated heterocycles. The van der Waals surface area contributed by atoms with Crippen LogP contribution in [-0.4, -0.2) is 38.8 Å². The van der Waals surface area contributed by atoms with E-state index in [2.05, 4.69) is 15.5 Å². The lowest BCUT2D eigenvalue weighted by atomic mass is 10.0. The summed E-state index contributed by atoms with van der Waals surface area (Å²) in [5.74, 6) is -1.16. The maximum atomic E-state index is 12.9. The van der Waals surface area contributed by atoms with Gasteiger partial charge in [-0.25, -0.2) is 0 Å². The second kappa shape index (κ2) is 8.31. The molecule has 2 heterocycles. The van der Waals surface area contributed by atoms with Gasteiger partial charge in [0.1, 0.15) is 6.04 Å².